The van der Waals surface area contributed by atoms with Gasteiger partial charge in [-0.3, -0.25) is 0 Å². The average molecular weight is 196 g/mol. The maximum Gasteiger partial charge on any atom is 0.0107 e. The summed E-state index contributed by atoms with van der Waals surface area (Å²) in [5, 5.41) is 3.42. The molecule has 2 rings (SSSR count). The molecule has 1 heterocycles. The second kappa shape index (κ2) is 5.13. The van der Waals surface area contributed by atoms with Gasteiger partial charge in [-0.1, -0.05) is 19.8 Å². The molecule has 1 N–H and O–H groups in total. The molecule has 0 radical (unpaired) electrons. The van der Waals surface area contributed by atoms with Crippen LogP contribution in [0.3, 0.4) is 0 Å². The Kier molecular flexibility index (Phi) is 3.82. The van der Waals surface area contributed by atoms with Crippen molar-refractivity contribution in [3.8, 4) is 0 Å². The molecule has 0 spiro atoms. The number of rotatable bonds is 2. The number of nitrogens with zero attached hydrogens (tertiary/aromatic N) is 1. The average Bonchev–Trinajstić information content (AvgIpc) is 2.23. The number of hydrogen-bond donors (Lipinski definition) is 1. The quantitative estimate of drug-likeness (QED) is 0.723. The molecule has 2 fully saturated rings. The third-order valence-corrected chi connectivity index (χ3v) is 3.86. The summed E-state index contributed by atoms with van der Waals surface area (Å²) >= 11 is 0. The fraction of sp³-hybridized carbons (Fsp3) is 1.00. The minimum absolute atomic E-state index is 0.995. The number of hydrogen-bond acceptors (Lipinski definition) is 2. The van der Waals surface area contributed by atoms with E-state index in [0.29, 0.717) is 0 Å². The molecule has 1 aliphatic carbocycles. The molecule has 14 heavy (non-hydrogen) atoms. The molecule has 0 aromatic carbocycles. The second-order valence-corrected chi connectivity index (χ2v) is 5.18. The van der Waals surface area contributed by atoms with Gasteiger partial charge >= 0.3 is 0 Å². The SMILES string of the molecule is CC1CCC(CN2CCNCC2)CC1. The maximum absolute atomic E-state index is 3.42. The van der Waals surface area contributed by atoms with E-state index < -0.39 is 0 Å². The highest BCUT2D eigenvalue weighted by Crippen LogP contribution is 2.28. The largest absolute Gasteiger partial charge is 0.314 e. The van der Waals surface area contributed by atoms with E-state index in [1.807, 2.05) is 0 Å². The summed E-state index contributed by atoms with van der Waals surface area (Å²) in [6, 6.07) is 0. The van der Waals surface area contributed by atoms with Crippen molar-refractivity contribution in [2.45, 2.75) is 32.6 Å². The molecule has 82 valence electrons. The Bertz CT molecular complexity index is 156. The van der Waals surface area contributed by atoms with Crippen LogP contribution in [0.4, 0.5) is 0 Å². The van der Waals surface area contributed by atoms with Crippen molar-refractivity contribution in [2.24, 2.45) is 11.8 Å². The molecule has 0 aromatic heterocycles. The molecule has 1 saturated carbocycles. The van der Waals surface area contributed by atoms with Gasteiger partial charge in [-0.2, -0.15) is 0 Å². The number of nitrogens with one attached hydrogen (secondary N) is 1. The van der Waals surface area contributed by atoms with E-state index >= 15 is 0 Å². The molecule has 0 aromatic rings. The maximum atomic E-state index is 3.42. The van der Waals surface area contributed by atoms with Crippen LogP contribution >= 0.6 is 0 Å². The van der Waals surface area contributed by atoms with Gasteiger partial charge in [0, 0.05) is 32.7 Å². The van der Waals surface area contributed by atoms with Crippen molar-refractivity contribution in [3.05, 3.63) is 0 Å². The van der Waals surface area contributed by atoms with Crippen molar-refractivity contribution in [1.82, 2.24) is 10.2 Å². The lowest BCUT2D eigenvalue weighted by atomic mass is 9.83. The lowest BCUT2D eigenvalue weighted by Crippen LogP contribution is -2.45. The Labute approximate surface area is 88.1 Å². The highest BCUT2D eigenvalue weighted by Gasteiger charge is 2.21. The van der Waals surface area contributed by atoms with Crippen LogP contribution in [-0.4, -0.2) is 37.6 Å². The van der Waals surface area contributed by atoms with E-state index in [4.69, 9.17) is 0 Å². The fourth-order valence-electron chi connectivity index (χ4n) is 2.77. The standard InChI is InChI=1S/C12H24N2/c1-11-2-4-12(5-3-11)10-14-8-6-13-7-9-14/h11-13H,2-10H2,1H3. The van der Waals surface area contributed by atoms with E-state index in [-0.39, 0.29) is 0 Å². The van der Waals surface area contributed by atoms with Crippen LogP contribution in [0.1, 0.15) is 32.6 Å². The highest BCUT2D eigenvalue weighted by molar-refractivity contribution is 4.75. The van der Waals surface area contributed by atoms with Crippen molar-refractivity contribution >= 4 is 0 Å². The monoisotopic (exact) mass is 196 g/mol. The van der Waals surface area contributed by atoms with Crippen LogP contribution in [-0.2, 0) is 0 Å². The van der Waals surface area contributed by atoms with E-state index in [9.17, 15) is 0 Å². The van der Waals surface area contributed by atoms with Crippen LogP contribution < -0.4 is 5.32 Å². The van der Waals surface area contributed by atoms with Gasteiger partial charge < -0.3 is 10.2 Å². The van der Waals surface area contributed by atoms with E-state index in [1.165, 1.54) is 58.4 Å². The zero-order valence-electron chi connectivity index (χ0n) is 9.47. The zero-order chi connectivity index (χ0) is 9.80. The normalized spacial score (nSPS) is 35.8. The van der Waals surface area contributed by atoms with Gasteiger partial charge in [0.05, 0.1) is 0 Å². The lowest BCUT2D eigenvalue weighted by molar-refractivity contribution is 0.169. The summed E-state index contributed by atoms with van der Waals surface area (Å²) in [5.74, 6) is 2.00. The first kappa shape index (κ1) is 10.4. The molecule has 1 aliphatic heterocycles. The van der Waals surface area contributed by atoms with Gasteiger partial charge in [-0.05, 0) is 24.7 Å². The molecule has 0 unspecified atom stereocenters. The Hall–Kier alpha value is -0.0800. The van der Waals surface area contributed by atoms with Crippen molar-refractivity contribution in [3.63, 3.8) is 0 Å². The topological polar surface area (TPSA) is 15.3 Å². The molecular formula is C12H24N2. The Morgan fingerprint density at radius 3 is 2.36 bits per heavy atom. The second-order valence-electron chi connectivity index (χ2n) is 5.18. The first-order valence-electron chi connectivity index (χ1n) is 6.27. The van der Waals surface area contributed by atoms with E-state index in [2.05, 4.69) is 17.1 Å². The Morgan fingerprint density at radius 2 is 1.71 bits per heavy atom. The smallest absolute Gasteiger partial charge is 0.0107 e. The minimum Gasteiger partial charge on any atom is -0.314 e. The predicted octanol–water partition coefficient (Wildman–Crippen LogP) is 1.72. The summed E-state index contributed by atoms with van der Waals surface area (Å²) < 4.78 is 0. The Balaban J connectivity index is 1.68. The summed E-state index contributed by atoms with van der Waals surface area (Å²) in [5.41, 5.74) is 0. The van der Waals surface area contributed by atoms with Crippen molar-refractivity contribution in [1.29, 1.82) is 0 Å². The van der Waals surface area contributed by atoms with E-state index in [0.717, 1.165) is 11.8 Å². The molecular weight excluding hydrogens is 172 g/mol. The molecule has 2 aliphatic rings. The first-order valence-corrected chi connectivity index (χ1v) is 6.27. The summed E-state index contributed by atoms with van der Waals surface area (Å²) in [6.45, 7) is 8.71. The lowest BCUT2D eigenvalue weighted by Gasteiger charge is -2.33. The van der Waals surface area contributed by atoms with Gasteiger partial charge in [0.1, 0.15) is 0 Å². The van der Waals surface area contributed by atoms with Crippen LogP contribution in [0.25, 0.3) is 0 Å². The molecule has 0 atom stereocenters. The molecule has 2 heteroatoms. The third kappa shape index (κ3) is 2.96. The van der Waals surface area contributed by atoms with Crippen LogP contribution in [0.2, 0.25) is 0 Å². The first-order chi connectivity index (χ1) is 6.84. The predicted molar refractivity (Wildman–Crippen MR) is 60.4 cm³/mol. The summed E-state index contributed by atoms with van der Waals surface area (Å²) in [7, 11) is 0. The van der Waals surface area contributed by atoms with E-state index in [1.54, 1.807) is 0 Å². The molecule has 0 bridgehead atoms. The van der Waals surface area contributed by atoms with Crippen LogP contribution in [0, 0.1) is 11.8 Å². The van der Waals surface area contributed by atoms with Gasteiger partial charge in [0.2, 0.25) is 0 Å². The van der Waals surface area contributed by atoms with Crippen LogP contribution in [0.5, 0.6) is 0 Å². The summed E-state index contributed by atoms with van der Waals surface area (Å²) in [6.07, 6.45) is 5.89. The minimum atomic E-state index is 0.995. The van der Waals surface area contributed by atoms with Gasteiger partial charge in [0.25, 0.3) is 0 Å². The van der Waals surface area contributed by atoms with Crippen molar-refractivity contribution in [2.75, 3.05) is 32.7 Å². The fourth-order valence-corrected chi connectivity index (χ4v) is 2.77. The zero-order valence-corrected chi connectivity index (χ0v) is 9.47. The van der Waals surface area contributed by atoms with Crippen LogP contribution in [0.15, 0.2) is 0 Å². The summed E-state index contributed by atoms with van der Waals surface area (Å²) in [4.78, 5) is 2.65. The highest BCUT2D eigenvalue weighted by atomic mass is 15.2. The number of piperazine rings is 1. The van der Waals surface area contributed by atoms with Gasteiger partial charge in [-0.15, -0.1) is 0 Å². The Morgan fingerprint density at radius 1 is 1.07 bits per heavy atom. The molecule has 0 amide bonds. The van der Waals surface area contributed by atoms with Gasteiger partial charge in [0.15, 0.2) is 0 Å². The third-order valence-electron chi connectivity index (χ3n) is 3.86. The molecule has 1 saturated heterocycles. The van der Waals surface area contributed by atoms with Crippen molar-refractivity contribution < 1.29 is 0 Å². The molecule has 2 nitrogen and oxygen atoms in total. The van der Waals surface area contributed by atoms with Gasteiger partial charge in [-0.25, -0.2) is 0 Å².